The summed E-state index contributed by atoms with van der Waals surface area (Å²) < 4.78 is 0. The zero-order chi connectivity index (χ0) is 10.7. The van der Waals surface area contributed by atoms with E-state index in [9.17, 15) is 10.2 Å². The SMILES string of the molecule is CC[C@@H](N)[C@@H](O)c1ccc(Cl)c(O)c1. The van der Waals surface area contributed by atoms with Gasteiger partial charge in [0.15, 0.2) is 0 Å². The van der Waals surface area contributed by atoms with Crippen LogP contribution in [0.15, 0.2) is 18.2 Å². The predicted molar refractivity (Wildman–Crippen MR) is 56.3 cm³/mol. The summed E-state index contributed by atoms with van der Waals surface area (Å²) in [6.07, 6.45) is -0.0898. The third-order valence-electron chi connectivity index (χ3n) is 2.19. The van der Waals surface area contributed by atoms with E-state index in [-0.39, 0.29) is 16.8 Å². The van der Waals surface area contributed by atoms with Crippen LogP contribution in [-0.4, -0.2) is 16.3 Å². The van der Waals surface area contributed by atoms with Gasteiger partial charge < -0.3 is 15.9 Å². The first kappa shape index (κ1) is 11.3. The lowest BCUT2D eigenvalue weighted by atomic mass is 10.0. The maximum Gasteiger partial charge on any atom is 0.134 e. The van der Waals surface area contributed by atoms with Crippen LogP contribution in [0, 0.1) is 0 Å². The number of phenols is 1. The number of aromatic hydroxyl groups is 1. The quantitative estimate of drug-likeness (QED) is 0.721. The lowest BCUT2D eigenvalue weighted by Gasteiger charge is -2.17. The molecule has 4 heteroatoms. The van der Waals surface area contributed by atoms with Crippen LogP contribution in [-0.2, 0) is 0 Å². The molecule has 78 valence electrons. The maximum absolute atomic E-state index is 9.73. The van der Waals surface area contributed by atoms with Gasteiger partial charge in [-0.3, -0.25) is 0 Å². The minimum Gasteiger partial charge on any atom is -0.506 e. The van der Waals surface area contributed by atoms with Gasteiger partial charge in [0.2, 0.25) is 0 Å². The van der Waals surface area contributed by atoms with Crippen LogP contribution in [0.3, 0.4) is 0 Å². The van der Waals surface area contributed by atoms with Gasteiger partial charge in [0, 0.05) is 6.04 Å². The Kier molecular flexibility index (Phi) is 3.75. The molecule has 0 aliphatic rings. The Morgan fingerprint density at radius 1 is 1.50 bits per heavy atom. The van der Waals surface area contributed by atoms with Gasteiger partial charge in [0.25, 0.3) is 0 Å². The summed E-state index contributed by atoms with van der Waals surface area (Å²) >= 11 is 5.64. The fraction of sp³-hybridized carbons (Fsp3) is 0.400. The minimum absolute atomic E-state index is 0.0356. The second kappa shape index (κ2) is 4.64. The Balaban J connectivity index is 2.91. The smallest absolute Gasteiger partial charge is 0.134 e. The Morgan fingerprint density at radius 3 is 2.64 bits per heavy atom. The minimum atomic E-state index is -0.761. The van der Waals surface area contributed by atoms with Crippen LogP contribution in [0.25, 0.3) is 0 Å². The third kappa shape index (κ3) is 2.38. The molecule has 1 aromatic carbocycles. The van der Waals surface area contributed by atoms with Crippen molar-refractivity contribution in [2.75, 3.05) is 0 Å². The van der Waals surface area contributed by atoms with E-state index in [1.807, 2.05) is 6.92 Å². The number of nitrogens with two attached hydrogens (primary N) is 1. The average molecular weight is 216 g/mol. The van der Waals surface area contributed by atoms with Gasteiger partial charge in [-0.1, -0.05) is 24.6 Å². The molecule has 1 rings (SSSR count). The molecule has 0 saturated carbocycles. The van der Waals surface area contributed by atoms with Crippen LogP contribution < -0.4 is 5.73 Å². The second-order valence-electron chi connectivity index (χ2n) is 3.23. The molecule has 0 amide bonds. The van der Waals surface area contributed by atoms with E-state index >= 15 is 0 Å². The second-order valence-corrected chi connectivity index (χ2v) is 3.63. The van der Waals surface area contributed by atoms with Crippen molar-refractivity contribution in [2.45, 2.75) is 25.5 Å². The van der Waals surface area contributed by atoms with Crippen molar-refractivity contribution >= 4 is 11.6 Å². The molecule has 0 heterocycles. The van der Waals surface area contributed by atoms with Gasteiger partial charge in [0.05, 0.1) is 11.1 Å². The van der Waals surface area contributed by atoms with E-state index in [2.05, 4.69) is 0 Å². The zero-order valence-corrected chi connectivity index (χ0v) is 8.70. The van der Waals surface area contributed by atoms with Gasteiger partial charge in [-0.25, -0.2) is 0 Å². The Labute approximate surface area is 88.1 Å². The molecular formula is C10H14ClNO2. The standard InChI is InChI=1S/C10H14ClNO2/c1-2-8(12)10(14)6-3-4-7(11)9(13)5-6/h3-5,8,10,13-14H,2,12H2,1H3/t8-,10+/m1/s1. The van der Waals surface area contributed by atoms with Crippen LogP contribution in [0.4, 0.5) is 0 Å². The van der Waals surface area contributed by atoms with Crippen LogP contribution in [0.5, 0.6) is 5.75 Å². The van der Waals surface area contributed by atoms with Crippen molar-refractivity contribution < 1.29 is 10.2 Å². The summed E-state index contributed by atoms with van der Waals surface area (Å²) in [5.74, 6) is -0.0356. The molecule has 0 unspecified atom stereocenters. The number of benzene rings is 1. The van der Waals surface area contributed by atoms with Crippen molar-refractivity contribution in [1.82, 2.24) is 0 Å². The molecule has 0 fully saturated rings. The molecule has 2 atom stereocenters. The molecule has 14 heavy (non-hydrogen) atoms. The van der Waals surface area contributed by atoms with Crippen LogP contribution in [0.2, 0.25) is 5.02 Å². The molecule has 1 aromatic rings. The van der Waals surface area contributed by atoms with E-state index in [0.29, 0.717) is 12.0 Å². The molecular weight excluding hydrogens is 202 g/mol. The fourth-order valence-corrected chi connectivity index (χ4v) is 1.30. The average Bonchev–Trinajstić information content (AvgIpc) is 2.20. The monoisotopic (exact) mass is 215 g/mol. The van der Waals surface area contributed by atoms with E-state index in [4.69, 9.17) is 17.3 Å². The van der Waals surface area contributed by atoms with E-state index in [0.717, 1.165) is 0 Å². The van der Waals surface area contributed by atoms with E-state index in [1.54, 1.807) is 6.07 Å². The molecule has 0 radical (unpaired) electrons. The van der Waals surface area contributed by atoms with Crippen molar-refractivity contribution in [3.63, 3.8) is 0 Å². The largest absolute Gasteiger partial charge is 0.506 e. The van der Waals surface area contributed by atoms with Crippen LogP contribution >= 0.6 is 11.6 Å². The molecule has 4 N–H and O–H groups in total. The summed E-state index contributed by atoms with van der Waals surface area (Å²) in [6, 6.07) is 4.30. The molecule has 3 nitrogen and oxygen atoms in total. The molecule has 0 aliphatic carbocycles. The third-order valence-corrected chi connectivity index (χ3v) is 2.51. The van der Waals surface area contributed by atoms with Gasteiger partial charge in [0.1, 0.15) is 5.75 Å². The molecule has 0 spiro atoms. The molecule has 0 bridgehead atoms. The first-order valence-corrected chi connectivity index (χ1v) is 4.86. The number of hydrogen-bond donors (Lipinski definition) is 3. The number of aliphatic hydroxyl groups is 1. The highest BCUT2D eigenvalue weighted by Crippen LogP contribution is 2.27. The first-order valence-electron chi connectivity index (χ1n) is 4.48. The normalized spacial score (nSPS) is 15.1. The van der Waals surface area contributed by atoms with E-state index < -0.39 is 6.10 Å². The summed E-state index contributed by atoms with van der Waals surface area (Å²) in [5, 5.41) is 19.3. The van der Waals surface area contributed by atoms with Gasteiger partial charge >= 0.3 is 0 Å². The molecule has 0 aromatic heterocycles. The lowest BCUT2D eigenvalue weighted by molar-refractivity contribution is 0.144. The van der Waals surface area contributed by atoms with Crippen molar-refractivity contribution in [3.8, 4) is 5.75 Å². The predicted octanol–water partition coefficient (Wildman–Crippen LogP) is 1.82. The zero-order valence-electron chi connectivity index (χ0n) is 7.94. The Morgan fingerprint density at radius 2 is 2.14 bits per heavy atom. The number of phenolic OH excluding ortho intramolecular Hbond substituents is 1. The summed E-state index contributed by atoms with van der Waals surface area (Å²) in [7, 11) is 0. The highest BCUT2D eigenvalue weighted by atomic mass is 35.5. The van der Waals surface area contributed by atoms with Gasteiger partial charge in [-0.05, 0) is 24.1 Å². The van der Waals surface area contributed by atoms with Crippen LogP contribution in [0.1, 0.15) is 25.0 Å². The summed E-state index contributed by atoms with van der Waals surface area (Å²) in [5.41, 5.74) is 6.26. The fourth-order valence-electron chi connectivity index (χ4n) is 1.18. The first-order chi connectivity index (χ1) is 6.56. The Hall–Kier alpha value is -0.770. The van der Waals surface area contributed by atoms with Crippen molar-refractivity contribution in [1.29, 1.82) is 0 Å². The lowest BCUT2D eigenvalue weighted by Crippen LogP contribution is -2.27. The maximum atomic E-state index is 9.73. The van der Waals surface area contributed by atoms with Crippen molar-refractivity contribution in [2.24, 2.45) is 5.73 Å². The number of aliphatic hydroxyl groups excluding tert-OH is 1. The highest BCUT2D eigenvalue weighted by molar-refractivity contribution is 6.32. The number of rotatable bonds is 3. The van der Waals surface area contributed by atoms with Gasteiger partial charge in [-0.2, -0.15) is 0 Å². The highest BCUT2D eigenvalue weighted by Gasteiger charge is 2.15. The summed E-state index contributed by atoms with van der Waals surface area (Å²) in [6.45, 7) is 1.89. The molecule has 0 aliphatic heterocycles. The number of halogens is 1. The van der Waals surface area contributed by atoms with Crippen molar-refractivity contribution in [3.05, 3.63) is 28.8 Å². The molecule has 0 saturated heterocycles. The van der Waals surface area contributed by atoms with Gasteiger partial charge in [-0.15, -0.1) is 0 Å². The Bertz CT molecular complexity index is 317. The number of hydrogen-bond acceptors (Lipinski definition) is 3. The summed E-state index contributed by atoms with van der Waals surface area (Å²) in [4.78, 5) is 0. The topological polar surface area (TPSA) is 66.5 Å². The van der Waals surface area contributed by atoms with E-state index in [1.165, 1.54) is 12.1 Å².